The first-order valence-electron chi connectivity index (χ1n) is 6.40. The van der Waals surface area contributed by atoms with Gasteiger partial charge in [-0.15, -0.1) is 0 Å². The van der Waals surface area contributed by atoms with Gasteiger partial charge in [0.05, 0.1) is 18.1 Å². The number of carbonyl (C=O) groups is 2. The number of Topliss-reactive ketones (excluding diaryl/α,β-unsaturated/α-hetero) is 1. The number of sulfone groups is 1. The highest BCUT2D eigenvalue weighted by molar-refractivity contribution is 7.92. The Balaban J connectivity index is 2.14. The minimum atomic E-state index is -3.04. The van der Waals surface area contributed by atoms with Crippen LogP contribution in [-0.2, 0) is 14.6 Å². The molecule has 1 atom stereocenters. The monoisotopic (exact) mass is 332 g/mol. The first kappa shape index (κ1) is 15.9. The number of nitrogens with one attached hydrogen (secondary N) is 1. The minimum Gasteiger partial charge on any atom is -0.464 e. The summed E-state index contributed by atoms with van der Waals surface area (Å²) in [6.45, 7) is 1.57. The van der Waals surface area contributed by atoms with E-state index in [9.17, 15) is 18.0 Å². The zero-order valence-electron chi connectivity index (χ0n) is 11.7. The van der Waals surface area contributed by atoms with E-state index in [1.54, 1.807) is 0 Å². The Bertz CT molecular complexity index is 665. The Morgan fingerprint density at radius 1 is 1.48 bits per heavy atom. The van der Waals surface area contributed by atoms with Crippen LogP contribution in [0.25, 0.3) is 0 Å². The van der Waals surface area contributed by atoms with Crippen LogP contribution in [0.2, 0.25) is 0 Å². The molecule has 1 aromatic heterocycles. The van der Waals surface area contributed by atoms with E-state index in [2.05, 4.69) is 15.0 Å². The van der Waals surface area contributed by atoms with Gasteiger partial charge in [-0.1, -0.05) is 11.3 Å². The summed E-state index contributed by atoms with van der Waals surface area (Å²) < 4.78 is 28.0. The highest BCUT2D eigenvalue weighted by atomic mass is 32.2. The number of ketones is 1. The molecule has 0 saturated carbocycles. The third-order valence-corrected chi connectivity index (χ3v) is 6.66. The third kappa shape index (κ3) is 3.41. The quantitative estimate of drug-likeness (QED) is 0.636. The predicted octanol–water partition coefficient (Wildman–Crippen LogP) is 1.12. The topological polar surface area (TPSA) is 102 Å². The van der Waals surface area contributed by atoms with E-state index in [0.29, 0.717) is 18.0 Å². The summed E-state index contributed by atoms with van der Waals surface area (Å²) in [4.78, 5) is 27.3. The molecule has 1 N–H and O–H groups in total. The van der Waals surface area contributed by atoms with Crippen LogP contribution in [0.1, 0.15) is 39.9 Å². The molecule has 0 radical (unpaired) electrons. The molecule has 21 heavy (non-hydrogen) atoms. The Kier molecular flexibility index (Phi) is 4.62. The lowest BCUT2D eigenvalue weighted by atomic mass is 10.2. The van der Waals surface area contributed by atoms with E-state index in [1.165, 1.54) is 14.0 Å². The minimum absolute atomic E-state index is 0.0354. The van der Waals surface area contributed by atoms with Crippen molar-refractivity contribution in [1.82, 2.24) is 4.98 Å². The van der Waals surface area contributed by atoms with Gasteiger partial charge in [0.1, 0.15) is 4.88 Å². The molecule has 1 unspecified atom stereocenters. The molecule has 1 aliphatic heterocycles. The van der Waals surface area contributed by atoms with Crippen molar-refractivity contribution >= 4 is 38.1 Å². The van der Waals surface area contributed by atoms with Crippen LogP contribution in [0.15, 0.2) is 0 Å². The molecule has 1 saturated heterocycles. The van der Waals surface area contributed by atoms with Gasteiger partial charge in [0, 0.05) is 13.5 Å². The highest BCUT2D eigenvalue weighted by Gasteiger charge is 2.31. The fourth-order valence-corrected chi connectivity index (χ4v) is 4.78. The van der Waals surface area contributed by atoms with Gasteiger partial charge in [-0.2, -0.15) is 0 Å². The number of methoxy groups -OCH3 is 1. The third-order valence-electron chi connectivity index (χ3n) is 3.27. The molecule has 1 fully saturated rings. The maximum atomic E-state index is 11.7. The smallest absolute Gasteiger partial charge is 0.358 e. The Hall–Kier alpha value is -1.48. The second-order valence-electron chi connectivity index (χ2n) is 4.76. The lowest BCUT2D eigenvalue weighted by molar-refractivity contribution is 0.0591. The van der Waals surface area contributed by atoms with Crippen LogP contribution in [0.4, 0.5) is 5.13 Å². The molecule has 116 valence electrons. The molecule has 0 amide bonds. The van der Waals surface area contributed by atoms with Gasteiger partial charge in [-0.25, -0.2) is 18.2 Å². The number of ether oxygens (including phenoxy) is 1. The molecule has 0 spiro atoms. The van der Waals surface area contributed by atoms with Gasteiger partial charge in [-0.3, -0.25) is 4.79 Å². The molecule has 9 heteroatoms. The van der Waals surface area contributed by atoms with Crippen LogP contribution in [0.5, 0.6) is 0 Å². The summed E-state index contributed by atoms with van der Waals surface area (Å²) in [6.07, 6.45) is 1.28. The van der Waals surface area contributed by atoms with Crippen molar-refractivity contribution < 1.29 is 22.7 Å². The number of aromatic nitrogens is 1. The van der Waals surface area contributed by atoms with Crippen molar-refractivity contribution in [3.8, 4) is 0 Å². The average molecular weight is 332 g/mol. The molecule has 7 nitrogen and oxygen atoms in total. The molecule has 0 bridgehead atoms. The van der Waals surface area contributed by atoms with E-state index < -0.39 is 21.1 Å². The van der Waals surface area contributed by atoms with Gasteiger partial charge in [0.25, 0.3) is 0 Å². The molecule has 0 aromatic carbocycles. The molecular weight excluding hydrogens is 316 g/mol. The average Bonchev–Trinajstić information content (AvgIpc) is 2.98. The number of hydrogen-bond donors (Lipinski definition) is 1. The first-order chi connectivity index (χ1) is 9.85. The fraction of sp³-hybridized carbons (Fsp3) is 0.583. The number of nitrogens with zero attached hydrogens (tertiary/aromatic N) is 1. The normalized spacial score (nSPS) is 20.2. The van der Waals surface area contributed by atoms with Crippen molar-refractivity contribution in [2.24, 2.45) is 0 Å². The summed E-state index contributed by atoms with van der Waals surface area (Å²) in [6, 6.07) is 0. The maximum absolute atomic E-state index is 11.7. The van der Waals surface area contributed by atoms with Crippen LogP contribution in [0.3, 0.4) is 0 Å². The highest BCUT2D eigenvalue weighted by Crippen LogP contribution is 2.26. The molecule has 1 aliphatic rings. The number of carbonyl (C=O) groups excluding carboxylic acids is 2. The van der Waals surface area contributed by atoms with Gasteiger partial charge in [0.15, 0.2) is 26.4 Å². The summed E-state index contributed by atoms with van der Waals surface area (Å²) in [5, 5.41) is 2.81. The lowest BCUT2D eigenvalue weighted by Crippen LogP contribution is -2.25. The predicted molar refractivity (Wildman–Crippen MR) is 78.8 cm³/mol. The van der Waals surface area contributed by atoms with Crippen molar-refractivity contribution in [3.63, 3.8) is 0 Å². The Morgan fingerprint density at radius 3 is 2.71 bits per heavy atom. The zero-order chi connectivity index (χ0) is 15.6. The van der Waals surface area contributed by atoms with Crippen LogP contribution < -0.4 is 5.32 Å². The molecule has 2 rings (SSSR count). The number of thiazole rings is 1. The second kappa shape index (κ2) is 6.10. The summed E-state index contributed by atoms with van der Waals surface area (Å²) in [5.41, 5.74) is -0.0354. The second-order valence-corrected chi connectivity index (χ2v) is 8.16. The van der Waals surface area contributed by atoms with Gasteiger partial charge < -0.3 is 10.1 Å². The zero-order valence-corrected chi connectivity index (χ0v) is 13.3. The van der Waals surface area contributed by atoms with E-state index >= 15 is 0 Å². The SMILES string of the molecule is COC(=O)c1nc(NCC2CCCS2(=O)=O)sc1C(C)=O. The van der Waals surface area contributed by atoms with Crippen LogP contribution in [0, 0.1) is 0 Å². The van der Waals surface area contributed by atoms with Crippen molar-refractivity contribution in [2.45, 2.75) is 25.0 Å². The number of rotatable bonds is 5. The largest absolute Gasteiger partial charge is 0.464 e. The van der Waals surface area contributed by atoms with Crippen LogP contribution >= 0.6 is 11.3 Å². The standard InChI is InChI=1S/C12H16N2O5S2/c1-7(15)10-9(11(16)19-2)14-12(20-10)13-6-8-4-3-5-21(8,17)18/h8H,3-6H2,1-2H3,(H,13,14). The molecule has 0 aliphatic carbocycles. The molecular formula is C12H16N2O5S2. The number of hydrogen-bond acceptors (Lipinski definition) is 8. The van der Waals surface area contributed by atoms with Crippen LogP contribution in [-0.4, -0.2) is 49.8 Å². The molecule has 1 aromatic rings. The van der Waals surface area contributed by atoms with Crippen molar-refractivity contribution in [2.75, 3.05) is 24.7 Å². The van der Waals surface area contributed by atoms with Gasteiger partial charge in [-0.05, 0) is 12.8 Å². The van der Waals surface area contributed by atoms with Crippen molar-refractivity contribution in [3.05, 3.63) is 10.6 Å². The van der Waals surface area contributed by atoms with Gasteiger partial charge in [0.2, 0.25) is 0 Å². The summed E-state index contributed by atoms with van der Waals surface area (Å²) in [7, 11) is -1.83. The number of esters is 1. The fourth-order valence-electron chi connectivity index (χ4n) is 2.16. The van der Waals surface area contributed by atoms with Gasteiger partial charge >= 0.3 is 5.97 Å². The van der Waals surface area contributed by atoms with E-state index in [1.807, 2.05) is 0 Å². The maximum Gasteiger partial charge on any atom is 0.358 e. The Morgan fingerprint density at radius 2 is 2.19 bits per heavy atom. The first-order valence-corrected chi connectivity index (χ1v) is 8.94. The summed E-state index contributed by atoms with van der Waals surface area (Å²) in [5.74, 6) is -0.754. The van der Waals surface area contributed by atoms with E-state index in [0.717, 1.165) is 11.3 Å². The van der Waals surface area contributed by atoms with E-state index in [-0.39, 0.29) is 28.7 Å². The lowest BCUT2D eigenvalue weighted by Gasteiger charge is -2.09. The van der Waals surface area contributed by atoms with Crippen molar-refractivity contribution in [1.29, 1.82) is 0 Å². The Labute approximate surface area is 126 Å². The number of anilines is 1. The summed E-state index contributed by atoms with van der Waals surface area (Å²) >= 11 is 1.03. The molecule has 2 heterocycles. The van der Waals surface area contributed by atoms with E-state index in [4.69, 9.17) is 0 Å².